The molecule has 1 aliphatic heterocycles. The fourth-order valence-corrected chi connectivity index (χ4v) is 7.96. The number of ether oxygens (including phenoxy) is 3. The van der Waals surface area contributed by atoms with Crippen LogP contribution in [-0.4, -0.2) is 103 Å². The van der Waals surface area contributed by atoms with Crippen LogP contribution in [-0.2, 0) is 38.7 Å². The van der Waals surface area contributed by atoms with Gasteiger partial charge in [-0.15, -0.1) is 11.6 Å². The first-order valence-electron chi connectivity index (χ1n) is 23.6. The maximum Gasteiger partial charge on any atom is 0.431 e. The minimum atomic E-state index is -4.86. The monoisotopic (exact) mass is 1160 g/mol. The molecule has 6 rings (SSSR count). The van der Waals surface area contributed by atoms with E-state index in [9.17, 15) is 37.1 Å². The summed E-state index contributed by atoms with van der Waals surface area (Å²) in [6, 6.07) is 17.2. The molecule has 5 aromatic rings. The highest BCUT2D eigenvalue weighted by atomic mass is 35.5. The Morgan fingerprint density at radius 2 is 1.58 bits per heavy atom. The van der Waals surface area contributed by atoms with Gasteiger partial charge in [-0.2, -0.15) is 28.1 Å². The number of nitrogens with zero attached hydrogens (tertiary/aromatic N) is 7. The molecule has 0 fully saturated rings. The Kier molecular flexibility index (Phi) is 24.8. The smallest absolute Gasteiger partial charge is 0.431 e. The number of carbonyl (C=O) groups excluding carboxylic acids is 3. The number of halogens is 8. The van der Waals surface area contributed by atoms with Crippen molar-refractivity contribution in [3.63, 3.8) is 0 Å². The van der Waals surface area contributed by atoms with Crippen molar-refractivity contribution in [1.29, 1.82) is 0 Å². The third kappa shape index (κ3) is 18.3. The van der Waals surface area contributed by atoms with Gasteiger partial charge in [-0.3, -0.25) is 19.0 Å². The quantitative estimate of drug-likeness (QED) is 0.0837. The Morgan fingerprint density at radius 1 is 0.934 bits per heavy atom. The molecule has 3 aromatic carbocycles. The number of methoxy groups -OCH3 is 1. The third-order valence-electron chi connectivity index (χ3n) is 10.5. The first-order valence-corrected chi connectivity index (χ1v) is 25.8. The van der Waals surface area contributed by atoms with Gasteiger partial charge in [0, 0.05) is 32.3 Å². The first-order chi connectivity index (χ1) is 35.5. The first kappa shape index (κ1) is 64.6. The van der Waals surface area contributed by atoms with Gasteiger partial charge in [-0.05, 0) is 122 Å². The lowest BCUT2D eigenvalue weighted by molar-refractivity contribution is -0.144. The standard InChI is InChI=1S/C16H14ClF3N2O4.C15H22ClNO2.C11H11Cl2NO2.C9H16ClN5/c1-8(2)26-14(24)10-6-9(4-5-11(10)17)22-13(23)7-12(16(18,19)20)21(3)15(22)25;1-5-13-8-6-7-11(2)15(13)17(14(18)9-16)12(3)10-19-4;1-7-6-16-9-5-3-2-4-8(9)14(7)11(15)10(12)13;1-5-11-7-12-6(10)13-8(14-7)15-9(2,3)4/h4-8H,1-3H3;6-8,12H,5,9-10H2,1-4H3;2-5,7,10H,6H2,1H3;5H2,1-4H3,(H2,11,12,13,14,15). The van der Waals surface area contributed by atoms with E-state index in [2.05, 4.69) is 38.6 Å². The number of para-hydroxylation sites is 3. The second-order valence-electron chi connectivity index (χ2n) is 18.1. The van der Waals surface area contributed by atoms with Gasteiger partial charge in [0.2, 0.25) is 23.1 Å². The van der Waals surface area contributed by atoms with Crippen LogP contribution in [0.3, 0.4) is 0 Å². The van der Waals surface area contributed by atoms with Crippen LogP contribution in [0.15, 0.2) is 76.3 Å². The van der Waals surface area contributed by atoms with Crippen LogP contribution in [0.2, 0.25) is 10.3 Å². The van der Waals surface area contributed by atoms with Crippen LogP contribution in [0.5, 0.6) is 5.75 Å². The fraction of sp³-hybridized carbons (Fsp3) is 0.451. The summed E-state index contributed by atoms with van der Waals surface area (Å²) in [6.07, 6.45) is -4.43. The molecule has 1 aliphatic rings. The summed E-state index contributed by atoms with van der Waals surface area (Å²) in [5.41, 5.74) is -0.178. The predicted octanol–water partition coefficient (Wildman–Crippen LogP) is 10.7. The number of fused-ring (bicyclic) bond motifs is 1. The van der Waals surface area contributed by atoms with Crippen LogP contribution in [0.25, 0.3) is 5.69 Å². The number of anilines is 4. The zero-order chi connectivity index (χ0) is 57.4. The number of alkyl halides is 6. The van der Waals surface area contributed by atoms with Crippen molar-refractivity contribution in [2.24, 2.45) is 7.05 Å². The van der Waals surface area contributed by atoms with Gasteiger partial charge < -0.3 is 34.6 Å². The van der Waals surface area contributed by atoms with E-state index < -0.39 is 40.0 Å². The lowest BCUT2D eigenvalue weighted by atomic mass is 10.0. The Morgan fingerprint density at radius 3 is 2.14 bits per heavy atom. The summed E-state index contributed by atoms with van der Waals surface area (Å²) in [5.74, 6) is 0.446. The molecule has 3 heterocycles. The summed E-state index contributed by atoms with van der Waals surface area (Å²) >= 11 is 28.7. The minimum absolute atomic E-state index is 0.0104. The number of nitrogens with one attached hydrogen (secondary N) is 2. The fourth-order valence-electron chi connectivity index (χ4n) is 7.26. The van der Waals surface area contributed by atoms with Crippen molar-refractivity contribution in [2.75, 3.05) is 53.2 Å². The summed E-state index contributed by atoms with van der Waals surface area (Å²) in [7, 11) is 2.53. The van der Waals surface area contributed by atoms with Crippen molar-refractivity contribution in [1.82, 2.24) is 24.1 Å². The predicted molar refractivity (Wildman–Crippen MR) is 295 cm³/mol. The Hall–Kier alpha value is -5.64. The second-order valence-corrected chi connectivity index (χ2v) is 20.2. The molecule has 2 aromatic heterocycles. The molecule has 416 valence electrons. The van der Waals surface area contributed by atoms with Crippen molar-refractivity contribution >= 4 is 99.1 Å². The highest BCUT2D eigenvalue weighted by molar-refractivity contribution is 6.54. The van der Waals surface area contributed by atoms with E-state index in [4.69, 9.17) is 72.2 Å². The number of carbonyl (C=O) groups is 3. The van der Waals surface area contributed by atoms with Crippen molar-refractivity contribution in [3.05, 3.63) is 120 Å². The third-order valence-corrected chi connectivity index (χ3v) is 11.6. The van der Waals surface area contributed by atoms with E-state index in [0.29, 0.717) is 46.1 Å². The van der Waals surface area contributed by atoms with Gasteiger partial charge in [0.25, 0.3) is 11.5 Å². The summed E-state index contributed by atoms with van der Waals surface area (Å²) in [6.45, 7) is 20.9. The average Bonchev–Trinajstić information content (AvgIpc) is 3.33. The van der Waals surface area contributed by atoms with Gasteiger partial charge in [0.15, 0.2) is 4.84 Å². The lowest BCUT2D eigenvalue weighted by Crippen LogP contribution is -2.47. The molecule has 0 aliphatic carbocycles. The van der Waals surface area contributed by atoms with E-state index in [-0.39, 0.29) is 56.9 Å². The summed E-state index contributed by atoms with van der Waals surface area (Å²) in [5, 5.41) is 6.32. The molecule has 0 saturated heterocycles. The van der Waals surface area contributed by atoms with Crippen LogP contribution >= 0.6 is 58.0 Å². The van der Waals surface area contributed by atoms with E-state index in [0.717, 1.165) is 48.6 Å². The highest BCUT2D eigenvalue weighted by Gasteiger charge is 2.35. The highest BCUT2D eigenvalue weighted by Crippen LogP contribution is 2.35. The van der Waals surface area contributed by atoms with E-state index in [1.165, 1.54) is 12.1 Å². The van der Waals surface area contributed by atoms with Crippen LogP contribution in [0.1, 0.15) is 89.5 Å². The molecule has 0 bridgehead atoms. The van der Waals surface area contributed by atoms with E-state index in [1.807, 2.05) is 84.9 Å². The zero-order valence-electron chi connectivity index (χ0n) is 44.1. The van der Waals surface area contributed by atoms with Crippen LogP contribution in [0.4, 0.5) is 36.4 Å². The van der Waals surface area contributed by atoms with Crippen molar-refractivity contribution in [2.45, 2.75) is 110 Å². The van der Waals surface area contributed by atoms with Crippen molar-refractivity contribution in [3.8, 4) is 11.4 Å². The van der Waals surface area contributed by atoms with Gasteiger partial charge in [0.05, 0.1) is 52.4 Å². The van der Waals surface area contributed by atoms with Gasteiger partial charge in [-0.25, -0.2) is 14.2 Å². The minimum Gasteiger partial charge on any atom is -0.489 e. The molecule has 17 nitrogen and oxygen atoms in total. The van der Waals surface area contributed by atoms with Crippen LogP contribution < -0.4 is 36.4 Å². The molecule has 2 atom stereocenters. The SMILES string of the molecule is CC(C)OC(=O)c1cc(-n2c(=O)cc(C(F)(F)F)n(C)c2=O)ccc1Cl.CC1COc2ccccc2N1C(=O)C(Cl)Cl.CCNc1nc(Cl)nc(NC(C)(C)C)n1.CCc1cccc(C)c1N(C(=O)CCl)C(C)COC. The molecule has 25 heteroatoms. The molecule has 0 saturated carbocycles. The zero-order valence-corrected chi connectivity index (χ0v) is 47.9. The topological polar surface area (TPSA) is 192 Å². The lowest BCUT2D eigenvalue weighted by Gasteiger charge is -2.35. The van der Waals surface area contributed by atoms with E-state index in [1.54, 1.807) is 30.8 Å². The molecule has 2 amide bonds. The van der Waals surface area contributed by atoms with Gasteiger partial charge >= 0.3 is 17.8 Å². The van der Waals surface area contributed by atoms with Crippen molar-refractivity contribution < 1.29 is 41.8 Å². The number of benzene rings is 3. The molecule has 0 radical (unpaired) electrons. The molecular formula is C51H63Cl5F3N9O8. The Bertz CT molecular complexity index is 2900. The Labute approximate surface area is 464 Å². The maximum atomic E-state index is 12.9. The number of hydrogen-bond donors (Lipinski definition) is 2. The molecular weight excluding hydrogens is 1100 g/mol. The second kappa shape index (κ2) is 29.2. The molecule has 0 spiro atoms. The molecule has 2 unspecified atom stereocenters. The number of amides is 2. The number of aryl methyl sites for hydroxylation is 2. The average molecular weight is 1160 g/mol. The molecule has 2 N–H and O–H groups in total. The van der Waals surface area contributed by atoms with Crippen LogP contribution in [0, 0.1) is 6.92 Å². The number of aromatic nitrogens is 5. The summed E-state index contributed by atoms with van der Waals surface area (Å²) in [4.78, 5) is 74.9. The normalized spacial score (nSPS) is 13.3. The number of hydrogen-bond acceptors (Lipinski definition) is 13. The van der Waals surface area contributed by atoms with Gasteiger partial charge in [0.1, 0.15) is 23.9 Å². The molecule has 76 heavy (non-hydrogen) atoms. The Balaban J connectivity index is 0.000000274. The largest absolute Gasteiger partial charge is 0.489 e. The number of rotatable bonds is 13. The summed E-state index contributed by atoms with van der Waals surface area (Å²) < 4.78 is 55.2. The maximum absolute atomic E-state index is 12.9. The number of esters is 1. The van der Waals surface area contributed by atoms with Gasteiger partial charge in [-0.1, -0.05) is 72.1 Å². The van der Waals surface area contributed by atoms with E-state index >= 15 is 0 Å².